The molecule has 0 saturated heterocycles. The van der Waals surface area contributed by atoms with E-state index in [1.807, 2.05) is 0 Å². The van der Waals surface area contributed by atoms with Crippen molar-refractivity contribution in [3.63, 3.8) is 0 Å². The largest absolute Gasteiger partial charge is 0.355 e. The van der Waals surface area contributed by atoms with Crippen LogP contribution in [-0.4, -0.2) is 45.0 Å². The van der Waals surface area contributed by atoms with E-state index >= 15 is 0 Å². The summed E-state index contributed by atoms with van der Waals surface area (Å²) in [7, 11) is -3.07. The van der Waals surface area contributed by atoms with Gasteiger partial charge in [-0.3, -0.25) is 4.79 Å². The highest BCUT2D eigenvalue weighted by Gasteiger charge is 2.28. The minimum absolute atomic E-state index is 0. The molecule has 0 aromatic rings. The second kappa shape index (κ2) is 10.4. The quantitative estimate of drug-likeness (QED) is 0.626. The zero-order valence-electron chi connectivity index (χ0n) is 12.2. The van der Waals surface area contributed by atoms with Gasteiger partial charge >= 0.3 is 0 Å². The van der Waals surface area contributed by atoms with Gasteiger partial charge in [-0.25, -0.2) is 8.42 Å². The highest BCUT2D eigenvalue weighted by Crippen LogP contribution is 2.25. The normalized spacial score (nSPS) is 15.8. The predicted octanol–water partition coefficient (Wildman–Crippen LogP) is 1.27. The van der Waals surface area contributed by atoms with Crippen LogP contribution in [0.4, 0.5) is 0 Å². The average Bonchev–Trinajstić information content (AvgIpc) is 2.91. The molecule has 1 aliphatic rings. The molecule has 0 heterocycles. The van der Waals surface area contributed by atoms with Gasteiger partial charge in [0.2, 0.25) is 5.91 Å². The Morgan fingerprint density at radius 2 is 1.80 bits per heavy atom. The molecule has 0 aliphatic heterocycles. The molecular formula is C13H27ClN2O3S. The second-order valence-electron chi connectivity index (χ2n) is 5.12. The molecule has 5 nitrogen and oxygen atoms in total. The summed E-state index contributed by atoms with van der Waals surface area (Å²) in [4.78, 5) is 11.5. The fourth-order valence-corrected chi connectivity index (χ4v) is 4.18. The summed E-state index contributed by atoms with van der Waals surface area (Å²) in [6, 6.07) is 0. The summed E-state index contributed by atoms with van der Waals surface area (Å²) in [5.74, 6) is -0.175. The zero-order chi connectivity index (χ0) is 14.1. The van der Waals surface area contributed by atoms with Gasteiger partial charge in [0.1, 0.15) is 0 Å². The van der Waals surface area contributed by atoms with Gasteiger partial charge in [-0.15, -0.1) is 12.4 Å². The summed E-state index contributed by atoms with van der Waals surface area (Å²) in [5.41, 5.74) is 0. The molecule has 1 fully saturated rings. The number of amides is 1. The highest BCUT2D eigenvalue weighted by atomic mass is 35.5. The Morgan fingerprint density at radius 1 is 1.15 bits per heavy atom. The molecule has 1 saturated carbocycles. The number of hydrogen-bond acceptors (Lipinski definition) is 4. The molecule has 1 amide bonds. The van der Waals surface area contributed by atoms with Gasteiger partial charge in [0.25, 0.3) is 0 Å². The third kappa shape index (κ3) is 7.45. The maximum Gasteiger partial charge on any atom is 0.221 e. The lowest BCUT2D eigenvalue weighted by atomic mass is 10.4. The summed E-state index contributed by atoms with van der Waals surface area (Å²) < 4.78 is 23.9. The van der Waals surface area contributed by atoms with Crippen LogP contribution in [0.15, 0.2) is 0 Å². The molecule has 0 atom stereocenters. The number of halogens is 1. The maximum atomic E-state index is 12.0. The standard InChI is InChI=1S/C13H26N2O3S.ClH/c1-2-8-14-9-10-15-13(16)7-11-19(17,18)12-5-3-4-6-12;/h12,14H,2-11H2,1H3,(H,15,16);1H. The third-order valence-electron chi connectivity index (χ3n) is 3.47. The van der Waals surface area contributed by atoms with E-state index in [1.54, 1.807) is 0 Å². The average molecular weight is 327 g/mol. The van der Waals surface area contributed by atoms with Crippen molar-refractivity contribution in [3.05, 3.63) is 0 Å². The molecule has 0 bridgehead atoms. The lowest BCUT2D eigenvalue weighted by Gasteiger charge is -2.11. The second-order valence-corrected chi connectivity index (χ2v) is 7.52. The van der Waals surface area contributed by atoms with E-state index in [0.717, 1.165) is 45.2 Å². The highest BCUT2D eigenvalue weighted by molar-refractivity contribution is 7.92. The van der Waals surface area contributed by atoms with Crippen LogP contribution >= 0.6 is 12.4 Å². The van der Waals surface area contributed by atoms with Crippen molar-refractivity contribution in [2.75, 3.05) is 25.4 Å². The number of sulfone groups is 1. The Labute approximate surface area is 128 Å². The molecule has 120 valence electrons. The van der Waals surface area contributed by atoms with Crippen molar-refractivity contribution in [1.82, 2.24) is 10.6 Å². The Balaban J connectivity index is 0.00000361. The number of rotatable bonds is 9. The van der Waals surface area contributed by atoms with Gasteiger partial charge in [-0.1, -0.05) is 19.8 Å². The zero-order valence-corrected chi connectivity index (χ0v) is 13.8. The molecule has 0 unspecified atom stereocenters. The van der Waals surface area contributed by atoms with Crippen molar-refractivity contribution in [3.8, 4) is 0 Å². The monoisotopic (exact) mass is 326 g/mol. The van der Waals surface area contributed by atoms with Crippen molar-refractivity contribution in [2.24, 2.45) is 0 Å². The lowest BCUT2D eigenvalue weighted by molar-refractivity contribution is -0.120. The number of nitrogens with one attached hydrogen (secondary N) is 2. The number of hydrogen-bond donors (Lipinski definition) is 2. The third-order valence-corrected chi connectivity index (χ3v) is 5.73. The van der Waals surface area contributed by atoms with Crippen LogP contribution in [-0.2, 0) is 14.6 Å². The van der Waals surface area contributed by atoms with E-state index in [2.05, 4.69) is 17.6 Å². The Bertz CT molecular complexity index is 368. The molecule has 7 heteroatoms. The summed E-state index contributed by atoms with van der Waals surface area (Å²) >= 11 is 0. The Hall–Kier alpha value is -0.330. The molecule has 0 aromatic carbocycles. The molecule has 1 aliphatic carbocycles. The first-order chi connectivity index (χ1) is 9.06. The van der Waals surface area contributed by atoms with Gasteiger partial charge in [0.15, 0.2) is 9.84 Å². The van der Waals surface area contributed by atoms with Crippen LogP contribution in [0.2, 0.25) is 0 Å². The summed E-state index contributed by atoms with van der Waals surface area (Å²) in [5, 5.41) is 5.71. The molecule has 0 aromatic heterocycles. The number of carbonyl (C=O) groups excluding carboxylic acids is 1. The van der Waals surface area contributed by atoms with Crippen molar-refractivity contribution >= 4 is 28.2 Å². The van der Waals surface area contributed by atoms with Crippen LogP contribution in [0.3, 0.4) is 0 Å². The molecular weight excluding hydrogens is 300 g/mol. The van der Waals surface area contributed by atoms with Crippen LogP contribution in [0.25, 0.3) is 0 Å². The van der Waals surface area contributed by atoms with E-state index in [-0.39, 0.29) is 35.7 Å². The van der Waals surface area contributed by atoms with E-state index in [4.69, 9.17) is 0 Å². The van der Waals surface area contributed by atoms with Gasteiger partial charge in [-0.2, -0.15) is 0 Å². The lowest BCUT2D eigenvalue weighted by Crippen LogP contribution is -2.33. The molecule has 2 N–H and O–H groups in total. The first kappa shape index (κ1) is 19.7. The van der Waals surface area contributed by atoms with E-state index in [1.165, 1.54) is 0 Å². The SMILES string of the molecule is CCCNCCNC(=O)CCS(=O)(=O)C1CCCC1.Cl. The fourth-order valence-electron chi connectivity index (χ4n) is 2.33. The van der Waals surface area contributed by atoms with Crippen LogP contribution in [0.5, 0.6) is 0 Å². The van der Waals surface area contributed by atoms with Crippen molar-refractivity contribution in [1.29, 1.82) is 0 Å². The Morgan fingerprint density at radius 3 is 2.40 bits per heavy atom. The van der Waals surface area contributed by atoms with Crippen molar-refractivity contribution in [2.45, 2.75) is 50.7 Å². The molecule has 0 spiro atoms. The molecule has 1 rings (SSSR count). The minimum Gasteiger partial charge on any atom is -0.355 e. The van der Waals surface area contributed by atoms with Gasteiger partial charge in [0, 0.05) is 19.5 Å². The van der Waals surface area contributed by atoms with Crippen LogP contribution < -0.4 is 10.6 Å². The van der Waals surface area contributed by atoms with E-state index in [0.29, 0.717) is 6.54 Å². The van der Waals surface area contributed by atoms with Gasteiger partial charge in [-0.05, 0) is 25.8 Å². The predicted molar refractivity (Wildman–Crippen MR) is 84.1 cm³/mol. The molecule has 0 radical (unpaired) electrons. The smallest absolute Gasteiger partial charge is 0.221 e. The number of carbonyl (C=O) groups is 1. The van der Waals surface area contributed by atoms with Crippen LogP contribution in [0, 0.1) is 0 Å². The fraction of sp³-hybridized carbons (Fsp3) is 0.923. The van der Waals surface area contributed by atoms with Crippen LogP contribution in [0.1, 0.15) is 45.4 Å². The topological polar surface area (TPSA) is 75.3 Å². The Kier molecular flexibility index (Phi) is 10.2. The summed E-state index contributed by atoms with van der Waals surface area (Å²) in [6.45, 7) is 4.31. The first-order valence-corrected chi connectivity index (χ1v) is 8.97. The van der Waals surface area contributed by atoms with E-state index < -0.39 is 9.84 Å². The molecule has 20 heavy (non-hydrogen) atoms. The first-order valence-electron chi connectivity index (χ1n) is 7.25. The van der Waals surface area contributed by atoms with Gasteiger partial charge < -0.3 is 10.6 Å². The van der Waals surface area contributed by atoms with Gasteiger partial charge in [0.05, 0.1) is 11.0 Å². The van der Waals surface area contributed by atoms with Crippen molar-refractivity contribution < 1.29 is 13.2 Å². The van der Waals surface area contributed by atoms with E-state index in [9.17, 15) is 13.2 Å². The maximum absolute atomic E-state index is 12.0. The summed E-state index contributed by atoms with van der Waals surface area (Å²) in [6.07, 6.45) is 4.69. The minimum atomic E-state index is -3.07.